The molecule has 1 amide bonds. The van der Waals surface area contributed by atoms with Crippen molar-refractivity contribution in [3.05, 3.63) is 48.4 Å². The molecule has 0 aliphatic rings. The molecule has 6 nitrogen and oxygen atoms in total. The molecule has 0 radical (unpaired) electrons. The Labute approximate surface area is 128 Å². The molecule has 0 saturated heterocycles. The molecule has 2 unspecified atom stereocenters. The Balaban J connectivity index is 2.26. The van der Waals surface area contributed by atoms with Crippen LogP contribution >= 0.6 is 0 Å². The number of hydrogen-bond donors (Lipinski definition) is 2. The lowest BCUT2D eigenvalue weighted by atomic mass is 10.0. The van der Waals surface area contributed by atoms with Crippen molar-refractivity contribution >= 4 is 11.9 Å². The number of rotatable bonds is 5. The lowest BCUT2D eigenvalue weighted by Gasteiger charge is -2.18. The molecule has 0 aliphatic carbocycles. The van der Waals surface area contributed by atoms with Crippen LogP contribution in [-0.4, -0.2) is 33.0 Å². The molecule has 1 aromatic carbocycles. The number of aromatic nitrogens is 2. The van der Waals surface area contributed by atoms with Gasteiger partial charge in [0.05, 0.1) is 17.2 Å². The highest BCUT2D eigenvalue weighted by molar-refractivity contribution is 5.99. The minimum Gasteiger partial charge on any atom is -0.481 e. The highest BCUT2D eigenvalue weighted by atomic mass is 16.4. The van der Waals surface area contributed by atoms with Crippen molar-refractivity contribution in [3.8, 4) is 11.3 Å². The van der Waals surface area contributed by atoms with Gasteiger partial charge in [-0.1, -0.05) is 30.3 Å². The summed E-state index contributed by atoms with van der Waals surface area (Å²) in [6.07, 6.45) is 2.81. The van der Waals surface area contributed by atoms with Crippen molar-refractivity contribution in [2.75, 3.05) is 0 Å². The molecule has 1 aromatic heterocycles. The van der Waals surface area contributed by atoms with Crippen LogP contribution in [0.5, 0.6) is 0 Å². The molecular weight excluding hydrogens is 282 g/mol. The van der Waals surface area contributed by atoms with E-state index in [1.165, 1.54) is 12.5 Å². The zero-order chi connectivity index (χ0) is 16.1. The lowest BCUT2D eigenvalue weighted by molar-refractivity contribution is -0.141. The number of amides is 1. The molecule has 2 rings (SSSR count). The van der Waals surface area contributed by atoms with E-state index in [2.05, 4.69) is 15.3 Å². The maximum absolute atomic E-state index is 12.4. The van der Waals surface area contributed by atoms with Crippen LogP contribution in [0.2, 0.25) is 0 Å². The van der Waals surface area contributed by atoms with Gasteiger partial charge in [-0.3, -0.25) is 9.59 Å². The van der Waals surface area contributed by atoms with Crippen LogP contribution in [0, 0.1) is 5.92 Å². The zero-order valence-electron chi connectivity index (χ0n) is 12.4. The Morgan fingerprint density at radius 2 is 1.86 bits per heavy atom. The fourth-order valence-electron chi connectivity index (χ4n) is 1.95. The first-order chi connectivity index (χ1) is 10.5. The number of benzene rings is 1. The van der Waals surface area contributed by atoms with E-state index >= 15 is 0 Å². The van der Waals surface area contributed by atoms with Gasteiger partial charge < -0.3 is 10.4 Å². The third-order valence-corrected chi connectivity index (χ3v) is 3.50. The van der Waals surface area contributed by atoms with Crippen LogP contribution in [0.4, 0.5) is 0 Å². The van der Waals surface area contributed by atoms with Crippen LogP contribution in [-0.2, 0) is 4.79 Å². The Kier molecular flexibility index (Phi) is 4.83. The van der Waals surface area contributed by atoms with Gasteiger partial charge in [0, 0.05) is 17.8 Å². The van der Waals surface area contributed by atoms with Gasteiger partial charge >= 0.3 is 5.97 Å². The predicted octanol–water partition coefficient (Wildman–Crippen LogP) is 1.98. The average Bonchev–Trinajstić information content (AvgIpc) is 2.54. The van der Waals surface area contributed by atoms with Crippen LogP contribution in [0.15, 0.2) is 42.9 Å². The standard InChI is InChI=1S/C16H17N3O3/c1-10(16(21)22)11(2)19-15(20)13-8-17-9-18-14(13)12-6-4-3-5-7-12/h3-11H,1-2H3,(H,19,20)(H,21,22). The fourth-order valence-corrected chi connectivity index (χ4v) is 1.95. The van der Waals surface area contributed by atoms with Gasteiger partial charge in [0.15, 0.2) is 0 Å². The van der Waals surface area contributed by atoms with E-state index in [0.29, 0.717) is 11.3 Å². The van der Waals surface area contributed by atoms with E-state index in [1.807, 2.05) is 30.3 Å². The number of carbonyl (C=O) groups is 2. The predicted molar refractivity (Wildman–Crippen MR) is 81.2 cm³/mol. The summed E-state index contributed by atoms with van der Waals surface area (Å²) in [6.45, 7) is 3.20. The zero-order valence-corrected chi connectivity index (χ0v) is 12.4. The Bertz CT molecular complexity index is 673. The highest BCUT2D eigenvalue weighted by Gasteiger charge is 2.23. The van der Waals surface area contributed by atoms with Crippen LogP contribution in [0.25, 0.3) is 11.3 Å². The van der Waals surface area contributed by atoms with Gasteiger partial charge in [0.1, 0.15) is 6.33 Å². The second-order valence-electron chi connectivity index (χ2n) is 5.04. The van der Waals surface area contributed by atoms with Crippen molar-refractivity contribution in [2.24, 2.45) is 5.92 Å². The summed E-state index contributed by atoms with van der Waals surface area (Å²) in [7, 11) is 0. The number of aliphatic carboxylic acids is 1. The maximum Gasteiger partial charge on any atom is 0.308 e. The molecule has 2 aromatic rings. The van der Waals surface area contributed by atoms with Crippen LogP contribution < -0.4 is 5.32 Å². The molecule has 22 heavy (non-hydrogen) atoms. The highest BCUT2D eigenvalue weighted by Crippen LogP contribution is 2.20. The van der Waals surface area contributed by atoms with Gasteiger partial charge in [-0.05, 0) is 13.8 Å². The fraction of sp³-hybridized carbons (Fsp3) is 0.250. The van der Waals surface area contributed by atoms with E-state index in [0.717, 1.165) is 5.56 Å². The van der Waals surface area contributed by atoms with Gasteiger partial charge in [-0.25, -0.2) is 9.97 Å². The summed E-state index contributed by atoms with van der Waals surface area (Å²) in [5, 5.41) is 11.7. The molecule has 2 atom stereocenters. The number of carboxylic acids is 1. The molecule has 0 saturated carbocycles. The molecule has 6 heteroatoms. The second kappa shape index (κ2) is 6.80. The SMILES string of the molecule is CC(NC(=O)c1cncnc1-c1ccccc1)C(C)C(=O)O. The van der Waals surface area contributed by atoms with E-state index in [4.69, 9.17) is 5.11 Å². The molecule has 0 fully saturated rings. The third kappa shape index (κ3) is 3.46. The summed E-state index contributed by atoms with van der Waals surface area (Å²) in [4.78, 5) is 31.4. The third-order valence-electron chi connectivity index (χ3n) is 3.50. The number of hydrogen-bond acceptors (Lipinski definition) is 4. The van der Waals surface area contributed by atoms with E-state index < -0.39 is 17.9 Å². The lowest BCUT2D eigenvalue weighted by Crippen LogP contribution is -2.40. The molecule has 0 bridgehead atoms. The molecule has 1 heterocycles. The Morgan fingerprint density at radius 1 is 1.18 bits per heavy atom. The van der Waals surface area contributed by atoms with Gasteiger partial charge in [0.2, 0.25) is 0 Å². The summed E-state index contributed by atoms with van der Waals surface area (Å²) in [5.41, 5.74) is 1.63. The van der Waals surface area contributed by atoms with Crippen molar-refractivity contribution in [3.63, 3.8) is 0 Å². The van der Waals surface area contributed by atoms with Crippen molar-refractivity contribution in [1.29, 1.82) is 0 Å². The quantitative estimate of drug-likeness (QED) is 0.880. The van der Waals surface area contributed by atoms with E-state index in [9.17, 15) is 9.59 Å². The Hall–Kier alpha value is -2.76. The number of carbonyl (C=O) groups excluding carboxylic acids is 1. The molecule has 0 spiro atoms. The molecular formula is C16H17N3O3. The normalized spacial score (nSPS) is 13.2. The van der Waals surface area contributed by atoms with Gasteiger partial charge in [-0.15, -0.1) is 0 Å². The monoisotopic (exact) mass is 299 g/mol. The summed E-state index contributed by atoms with van der Waals surface area (Å²) in [6, 6.07) is 8.78. The number of nitrogens with zero attached hydrogens (tertiary/aromatic N) is 2. The smallest absolute Gasteiger partial charge is 0.308 e. The largest absolute Gasteiger partial charge is 0.481 e. The molecule has 114 valence electrons. The summed E-state index contributed by atoms with van der Waals surface area (Å²) >= 11 is 0. The molecule has 2 N–H and O–H groups in total. The van der Waals surface area contributed by atoms with Crippen molar-refractivity contribution in [1.82, 2.24) is 15.3 Å². The average molecular weight is 299 g/mol. The Morgan fingerprint density at radius 3 is 2.50 bits per heavy atom. The first-order valence-electron chi connectivity index (χ1n) is 6.89. The minimum absolute atomic E-state index is 0.318. The summed E-state index contributed by atoms with van der Waals surface area (Å²) < 4.78 is 0. The summed E-state index contributed by atoms with van der Waals surface area (Å²) in [5.74, 6) is -2.03. The van der Waals surface area contributed by atoms with Crippen LogP contribution in [0.1, 0.15) is 24.2 Å². The minimum atomic E-state index is -0.958. The second-order valence-corrected chi connectivity index (χ2v) is 5.04. The van der Waals surface area contributed by atoms with E-state index in [-0.39, 0.29) is 5.91 Å². The number of carboxylic acid groups (broad SMARTS) is 1. The van der Waals surface area contributed by atoms with Crippen molar-refractivity contribution in [2.45, 2.75) is 19.9 Å². The van der Waals surface area contributed by atoms with Crippen LogP contribution in [0.3, 0.4) is 0 Å². The first-order valence-corrected chi connectivity index (χ1v) is 6.89. The molecule has 0 aliphatic heterocycles. The maximum atomic E-state index is 12.4. The van der Waals surface area contributed by atoms with Gasteiger partial charge in [0.25, 0.3) is 5.91 Å². The van der Waals surface area contributed by atoms with E-state index in [1.54, 1.807) is 13.8 Å². The van der Waals surface area contributed by atoms with Gasteiger partial charge in [-0.2, -0.15) is 0 Å². The number of nitrogens with one attached hydrogen (secondary N) is 1. The van der Waals surface area contributed by atoms with Crippen molar-refractivity contribution < 1.29 is 14.7 Å². The topological polar surface area (TPSA) is 92.2 Å². The first kappa shape index (κ1) is 15.6.